The van der Waals surface area contributed by atoms with Crippen LogP contribution in [-0.2, 0) is 9.59 Å². The van der Waals surface area contributed by atoms with Crippen molar-refractivity contribution < 1.29 is 14.7 Å². The Hall–Kier alpha value is -1.10. The van der Waals surface area contributed by atoms with Crippen LogP contribution in [0.3, 0.4) is 0 Å². The van der Waals surface area contributed by atoms with Crippen LogP contribution in [0.2, 0.25) is 0 Å². The highest BCUT2D eigenvalue weighted by Gasteiger charge is 2.34. The number of hydrogen-bond donors (Lipinski definition) is 2. The van der Waals surface area contributed by atoms with Gasteiger partial charge in [-0.05, 0) is 31.2 Å². The van der Waals surface area contributed by atoms with Crippen molar-refractivity contribution in [3.8, 4) is 0 Å². The Morgan fingerprint density at radius 2 is 2.17 bits per heavy atom. The van der Waals surface area contributed by atoms with Crippen molar-refractivity contribution >= 4 is 11.9 Å². The van der Waals surface area contributed by atoms with E-state index in [1.807, 2.05) is 13.8 Å². The Labute approximate surface area is 108 Å². The van der Waals surface area contributed by atoms with Crippen LogP contribution >= 0.6 is 0 Å². The van der Waals surface area contributed by atoms with E-state index in [0.717, 1.165) is 12.8 Å². The highest BCUT2D eigenvalue weighted by Crippen LogP contribution is 2.24. The Bertz CT molecular complexity index is 303. The lowest BCUT2D eigenvalue weighted by Crippen LogP contribution is -2.50. The van der Waals surface area contributed by atoms with Gasteiger partial charge in [-0.15, -0.1) is 0 Å². The number of rotatable bonds is 5. The van der Waals surface area contributed by atoms with E-state index in [9.17, 15) is 14.7 Å². The number of aliphatic carboxylic acids is 1. The second-order valence-corrected chi connectivity index (χ2v) is 5.28. The van der Waals surface area contributed by atoms with Gasteiger partial charge < -0.3 is 15.7 Å². The quantitative estimate of drug-likeness (QED) is 0.770. The number of hydrogen-bond acceptors (Lipinski definition) is 3. The summed E-state index contributed by atoms with van der Waals surface area (Å²) in [5, 5.41) is 9.21. The highest BCUT2D eigenvalue weighted by atomic mass is 16.4. The minimum Gasteiger partial charge on any atom is -0.480 e. The number of amides is 1. The number of carbonyl (C=O) groups excluding carboxylic acids is 1. The van der Waals surface area contributed by atoms with Crippen LogP contribution in [-0.4, -0.2) is 41.0 Å². The van der Waals surface area contributed by atoms with Crippen molar-refractivity contribution in [3.05, 3.63) is 0 Å². The minimum atomic E-state index is -0.893. The van der Waals surface area contributed by atoms with Gasteiger partial charge in [0.05, 0.1) is 0 Å². The van der Waals surface area contributed by atoms with E-state index in [1.54, 1.807) is 0 Å². The van der Waals surface area contributed by atoms with Crippen LogP contribution in [0.15, 0.2) is 0 Å². The van der Waals surface area contributed by atoms with Crippen molar-refractivity contribution in [1.82, 2.24) is 4.90 Å². The Morgan fingerprint density at radius 1 is 1.50 bits per heavy atom. The van der Waals surface area contributed by atoms with E-state index in [1.165, 1.54) is 4.90 Å². The van der Waals surface area contributed by atoms with Gasteiger partial charge in [0.2, 0.25) is 5.91 Å². The lowest BCUT2D eigenvalue weighted by Gasteiger charge is -2.36. The normalized spacial score (nSPS) is 25.8. The predicted molar refractivity (Wildman–Crippen MR) is 69.0 cm³/mol. The number of nitrogens with zero attached hydrogens (tertiary/aromatic N) is 1. The summed E-state index contributed by atoms with van der Waals surface area (Å²) in [7, 11) is 0. The Balaban J connectivity index is 2.67. The second-order valence-electron chi connectivity index (χ2n) is 5.28. The highest BCUT2D eigenvalue weighted by molar-refractivity contribution is 5.84. The first-order chi connectivity index (χ1) is 8.49. The summed E-state index contributed by atoms with van der Waals surface area (Å²) < 4.78 is 0. The second kappa shape index (κ2) is 6.73. The first-order valence-corrected chi connectivity index (χ1v) is 6.71. The SMILES string of the molecule is CCC(CN)CC(=O)N1CCC(C)CC1C(=O)O. The fourth-order valence-corrected chi connectivity index (χ4v) is 2.43. The monoisotopic (exact) mass is 256 g/mol. The number of likely N-dealkylation sites (tertiary alicyclic amines) is 1. The van der Waals surface area contributed by atoms with Crippen molar-refractivity contribution in [1.29, 1.82) is 0 Å². The molecule has 0 spiro atoms. The zero-order valence-corrected chi connectivity index (χ0v) is 11.3. The standard InChI is InChI=1S/C13H24N2O3/c1-3-10(8-14)7-12(16)15-5-4-9(2)6-11(15)13(17)18/h9-11H,3-8,14H2,1-2H3,(H,17,18). The molecule has 0 aromatic carbocycles. The van der Waals surface area contributed by atoms with Crippen LogP contribution in [0.1, 0.15) is 39.5 Å². The molecule has 0 aromatic rings. The molecule has 18 heavy (non-hydrogen) atoms. The zero-order valence-electron chi connectivity index (χ0n) is 11.3. The summed E-state index contributed by atoms with van der Waals surface area (Å²) in [6.07, 6.45) is 2.66. The molecule has 5 nitrogen and oxygen atoms in total. The zero-order chi connectivity index (χ0) is 13.7. The van der Waals surface area contributed by atoms with Crippen LogP contribution in [0, 0.1) is 11.8 Å². The molecular formula is C13H24N2O3. The largest absolute Gasteiger partial charge is 0.480 e. The Morgan fingerprint density at radius 3 is 2.67 bits per heavy atom. The number of carboxylic acid groups (broad SMARTS) is 1. The molecule has 3 unspecified atom stereocenters. The Kier molecular flexibility index (Phi) is 5.59. The molecule has 0 aliphatic carbocycles. The van der Waals surface area contributed by atoms with Gasteiger partial charge in [-0.25, -0.2) is 4.79 Å². The first kappa shape index (κ1) is 15.0. The van der Waals surface area contributed by atoms with Gasteiger partial charge in [0.25, 0.3) is 0 Å². The summed E-state index contributed by atoms with van der Waals surface area (Å²) in [5.74, 6) is -0.430. The third-order valence-corrected chi connectivity index (χ3v) is 3.84. The molecular weight excluding hydrogens is 232 g/mol. The van der Waals surface area contributed by atoms with E-state index in [0.29, 0.717) is 31.8 Å². The summed E-state index contributed by atoms with van der Waals surface area (Å²) in [4.78, 5) is 24.9. The van der Waals surface area contributed by atoms with Gasteiger partial charge >= 0.3 is 5.97 Å². The molecule has 1 rings (SSSR count). The molecule has 1 fully saturated rings. The average Bonchev–Trinajstić information content (AvgIpc) is 2.35. The molecule has 1 aliphatic rings. The lowest BCUT2D eigenvalue weighted by molar-refractivity contribution is -0.153. The first-order valence-electron chi connectivity index (χ1n) is 6.71. The third kappa shape index (κ3) is 3.70. The van der Waals surface area contributed by atoms with Crippen molar-refractivity contribution in [3.63, 3.8) is 0 Å². The average molecular weight is 256 g/mol. The van der Waals surface area contributed by atoms with E-state index >= 15 is 0 Å². The van der Waals surface area contributed by atoms with E-state index in [-0.39, 0.29) is 11.8 Å². The fraction of sp³-hybridized carbons (Fsp3) is 0.846. The van der Waals surface area contributed by atoms with Crippen LogP contribution in [0.25, 0.3) is 0 Å². The smallest absolute Gasteiger partial charge is 0.326 e. The third-order valence-electron chi connectivity index (χ3n) is 3.84. The van der Waals surface area contributed by atoms with Crippen molar-refractivity contribution in [2.75, 3.05) is 13.1 Å². The molecule has 0 radical (unpaired) electrons. The molecule has 0 aromatic heterocycles. The minimum absolute atomic E-state index is 0.0633. The number of nitrogens with two attached hydrogens (primary N) is 1. The van der Waals surface area contributed by atoms with Gasteiger partial charge in [0.15, 0.2) is 0 Å². The maximum atomic E-state index is 12.2. The molecule has 1 heterocycles. The molecule has 1 amide bonds. The molecule has 104 valence electrons. The van der Waals surface area contributed by atoms with Gasteiger partial charge in [-0.2, -0.15) is 0 Å². The molecule has 3 N–H and O–H groups in total. The molecule has 0 saturated carbocycles. The van der Waals surface area contributed by atoms with Crippen LogP contribution in [0.5, 0.6) is 0 Å². The van der Waals surface area contributed by atoms with E-state index in [2.05, 4.69) is 0 Å². The summed E-state index contributed by atoms with van der Waals surface area (Å²) >= 11 is 0. The summed E-state index contributed by atoms with van der Waals surface area (Å²) in [5.41, 5.74) is 5.59. The molecule has 0 bridgehead atoms. The van der Waals surface area contributed by atoms with E-state index in [4.69, 9.17) is 5.73 Å². The fourth-order valence-electron chi connectivity index (χ4n) is 2.43. The number of carbonyl (C=O) groups is 2. The number of piperidine rings is 1. The topological polar surface area (TPSA) is 83.6 Å². The lowest BCUT2D eigenvalue weighted by atomic mass is 9.91. The maximum absolute atomic E-state index is 12.2. The van der Waals surface area contributed by atoms with Crippen LogP contribution in [0.4, 0.5) is 0 Å². The van der Waals surface area contributed by atoms with Gasteiger partial charge in [-0.3, -0.25) is 4.79 Å². The molecule has 5 heteroatoms. The summed E-state index contributed by atoms with van der Waals surface area (Å²) in [6.45, 7) is 5.06. The maximum Gasteiger partial charge on any atom is 0.326 e. The molecule has 3 atom stereocenters. The van der Waals surface area contributed by atoms with Crippen molar-refractivity contribution in [2.45, 2.75) is 45.6 Å². The van der Waals surface area contributed by atoms with Gasteiger partial charge in [-0.1, -0.05) is 20.3 Å². The number of carboxylic acids is 1. The van der Waals surface area contributed by atoms with Crippen molar-refractivity contribution in [2.24, 2.45) is 17.6 Å². The van der Waals surface area contributed by atoms with Gasteiger partial charge in [0.1, 0.15) is 6.04 Å². The predicted octanol–water partition coefficient (Wildman–Crippen LogP) is 1.07. The molecule has 1 aliphatic heterocycles. The van der Waals surface area contributed by atoms with Gasteiger partial charge in [0, 0.05) is 13.0 Å². The summed E-state index contributed by atoms with van der Waals surface area (Å²) in [6, 6.07) is -0.656. The van der Waals surface area contributed by atoms with E-state index < -0.39 is 12.0 Å². The molecule has 1 saturated heterocycles. The van der Waals surface area contributed by atoms with Crippen LogP contribution < -0.4 is 5.73 Å².